The van der Waals surface area contributed by atoms with Crippen molar-refractivity contribution >= 4 is 21.7 Å². The first-order valence-electron chi connectivity index (χ1n) is 9.29. The highest BCUT2D eigenvalue weighted by Crippen LogP contribution is 2.30. The van der Waals surface area contributed by atoms with Crippen LogP contribution in [0.4, 0.5) is 0 Å². The minimum Gasteiger partial charge on any atom is -0.274 e. The lowest BCUT2D eigenvalue weighted by Gasteiger charge is -2.18. The fourth-order valence-electron chi connectivity index (χ4n) is 3.82. The number of benzene rings is 3. The summed E-state index contributed by atoms with van der Waals surface area (Å²) in [4.78, 5) is 18.3. The van der Waals surface area contributed by atoms with Gasteiger partial charge in [0.1, 0.15) is 0 Å². The molecule has 0 N–H and O–H groups in total. The zero-order chi connectivity index (χ0) is 19.1. The van der Waals surface area contributed by atoms with E-state index in [0.717, 1.165) is 38.8 Å². The predicted octanol–water partition coefficient (Wildman–Crippen LogP) is 5.51. The van der Waals surface area contributed by atoms with Crippen LogP contribution in [0.25, 0.3) is 38.6 Å². The summed E-state index contributed by atoms with van der Waals surface area (Å²) in [5.74, 6) is 0. The number of hydrogen-bond donors (Lipinski definition) is 0. The van der Waals surface area contributed by atoms with E-state index >= 15 is 0 Å². The van der Waals surface area contributed by atoms with Gasteiger partial charge in [-0.15, -0.1) is 0 Å². The SMILES string of the molecule is Cc1ccc2cccnc2c1-n1c(-c2ccccc2)cc2ccccc2c1=O. The van der Waals surface area contributed by atoms with Crippen LogP contribution in [-0.4, -0.2) is 9.55 Å². The van der Waals surface area contributed by atoms with Gasteiger partial charge in [0, 0.05) is 17.0 Å². The summed E-state index contributed by atoms with van der Waals surface area (Å²) >= 11 is 0. The molecule has 5 rings (SSSR count). The molecule has 0 bridgehead atoms. The van der Waals surface area contributed by atoms with Crippen molar-refractivity contribution in [2.45, 2.75) is 6.92 Å². The number of aryl methyl sites for hydroxylation is 1. The topological polar surface area (TPSA) is 34.9 Å². The van der Waals surface area contributed by atoms with Crippen LogP contribution >= 0.6 is 0 Å². The molecule has 3 nitrogen and oxygen atoms in total. The van der Waals surface area contributed by atoms with Gasteiger partial charge in [-0.25, -0.2) is 0 Å². The highest BCUT2D eigenvalue weighted by atomic mass is 16.1. The summed E-state index contributed by atoms with van der Waals surface area (Å²) in [5, 5.41) is 2.66. The van der Waals surface area contributed by atoms with E-state index in [1.165, 1.54) is 0 Å². The van der Waals surface area contributed by atoms with Gasteiger partial charge in [0.2, 0.25) is 0 Å². The second-order valence-corrected chi connectivity index (χ2v) is 6.93. The van der Waals surface area contributed by atoms with Crippen molar-refractivity contribution < 1.29 is 0 Å². The molecule has 3 heteroatoms. The van der Waals surface area contributed by atoms with Crippen LogP contribution in [-0.2, 0) is 0 Å². The van der Waals surface area contributed by atoms with Crippen LogP contribution < -0.4 is 5.56 Å². The van der Waals surface area contributed by atoms with Gasteiger partial charge in [-0.3, -0.25) is 14.3 Å². The molecule has 0 fully saturated rings. The fourth-order valence-corrected chi connectivity index (χ4v) is 3.82. The maximum atomic E-state index is 13.7. The van der Waals surface area contributed by atoms with Crippen molar-refractivity contribution in [3.63, 3.8) is 0 Å². The van der Waals surface area contributed by atoms with Gasteiger partial charge in [0.15, 0.2) is 0 Å². The normalized spacial score (nSPS) is 11.2. The molecule has 0 unspecified atom stereocenters. The zero-order valence-electron chi connectivity index (χ0n) is 15.5. The van der Waals surface area contributed by atoms with Crippen LogP contribution in [0.15, 0.2) is 95.9 Å². The quantitative estimate of drug-likeness (QED) is 0.415. The van der Waals surface area contributed by atoms with Crippen molar-refractivity contribution in [1.82, 2.24) is 9.55 Å². The van der Waals surface area contributed by atoms with Crippen LogP contribution in [0, 0.1) is 6.92 Å². The average Bonchev–Trinajstić information content (AvgIpc) is 2.75. The first-order valence-corrected chi connectivity index (χ1v) is 9.29. The average molecular weight is 362 g/mol. The van der Waals surface area contributed by atoms with Gasteiger partial charge in [0.05, 0.1) is 16.9 Å². The molecular formula is C25H18N2O. The van der Waals surface area contributed by atoms with E-state index in [-0.39, 0.29) is 5.56 Å². The highest BCUT2D eigenvalue weighted by molar-refractivity contribution is 5.91. The lowest BCUT2D eigenvalue weighted by molar-refractivity contribution is 1.01. The van der Waals surface area contributed by atoms with Crippen LogP contribution in [0.5, 0.6) is 0 Å². The van der Waals surface area contributed by atoms with Gasteiger partial charge in [0.25, 0.3) is 5.56 Å². The van der Waals surface area contributed by atoms with E-state index in [2.05, 4.69) is 23.2 Å². The minimum absolute atomic E-state index is 0.0294. The Morgan fingerprint density at radius 2 is 1.54 bits per heavy atom. The Kier molecular flexibility index (Phi) is 3.80. The lowest BCUT2D eigenvalue weighted by atomic mass is 10.0. The lowest BCUT2D eigenvalue weighted by Crippen LogP contribution is -2.21. The smallest absolute Gasteiger partial charge is 0.263 e. The Morgan fingerprint density at radius 1 is 0.786 bits per heavy atom. The molecule has 3 aromatic carbocycles. The van der Waals surface area contributed by atoms with Crippen molar-refractivity contribution in [3.8, 4) is 16.9 Å². The standard InChI is InChI=1S/C25H18N2O/c1-17-13-14-19-11-7-15-26-23(19)24(17)27-22(18-8-3-2-4-9-18)16-20-10-5-6-12-21(20)25(27)28/h2-16H,1H3. The minimum atomic E-state index is -0.0294. The summed E-state index contributed by atoms with van der Waals surface area (Å²) in [6.07, 6.45) is 1.78. The summed E-state index contributed by atoms with van der Waals surface area (Å²) in [6.45, 7) is 2.03. The summed E-state index contributed by atoms with van der Waals surface area (Å²) in [5.41, 5.74) is 4.52. The van der Waals surface area contributed by atoms with E-state index < -0.39 is 0 Å². The summed E-state index contributed by atoms with van der Waals surface area (Å²) < 4.78 is 1.82. The number of nitrogens with zero attached hydrogens (tertiary/aromatic N) is 2. The molecule has 134 valence electrons. The van der Waals surface area contributed by atoms with Gasteiger partial charge in [-0.2, -0.15) is 0 Å². The first-order chi connectivity index (χ1) is 13.7. The largest absolute Gasteiger partial charge is 0.274 e. The van der Waals surface area contributed by atoms with Crippen LogP contribution in [0.1, 0.15) is 5.56 Å². The van der Waals surface area contributed by atoms with E-state index in [1.807, 2.05) is 78.2 Å². The molecule has 0 amide bonds. The Morgan fingerprint density at radius 3 is 2.39 bits per heavy atom. The zero-order valence-corrected chi connectivity index (χ0v) is 15.5. The molecular weight excluding hydrogens is 344 g/mol. The maximum Gasteiger partial charge on any atom is 0.263 e. The van der Waals surface area contributed by atoms with Gasteiger partial charge < -0.3 is 0 Å². The molecule has 2 heterocycles. The van der Waals surface area contributed by atoms with Gasteiger partial charge in [-0.05, 0) is 41.6 Å². The second kappa shape index (κ2) is 6.46. The Labute approximate surface area is 162 Å². The molecule has 0 spiro atoms. The molecule has 0 aliphatic rings. The molecule has 5 aromatic rings. The second-order valence-electron chi connectivity index (χ2n) is 6.93. The van der Waals surface area contributed by atoms with Crippen LogP contribution in [0.3, 0.4) is 0 Å². The summed E-state index contributed by atoms with van der Waals surface area (Å²) in [6, 6.07) is 27.9. The van der Waals surface area contributed by atoms with Crippen molar-refractivity contribution in [2.75, 3.05) is 0 Å². The fraction of sp³-hybridized carbons (Fsp3) is 0.0400. The molecule has 0 atom stereocenters. The molecule has 2 aromatic heterocycles. The Hall–Kier alpha value is -3.72. The van der Waals surface area contributed by atoms with E-state index in [0.29, 0.717) is 5.39 Å². The molecule has 0 aliphatic heterocycles. The number of pyridine rings is 2. The Balaban J connectivity index is 2.00. The van der Waals surface area contributed by atoms with E-state index in [1.54, 1.807) is 6.20 Å². The third kappa shape index (κ3) is 2.52. The molecule has 28 heavy (non-hydrogen) atoms. The number of fused-ring (bicyclic) bond motifs is 2. The maximum absolute atomic E-state index is 13.7. The van der Waals surface area contributed by atoms with Crippen molar-refractivity contribution in [1.29, 1.82) is 0 Å². The van der Waals surface area contributed by atoms with Gasteiger partial charge in [-0.1, -0.05) is 66.7 Å². The number of hydrogen-bond acceptors (Lipinski definition) is 2. The summed E-state index contributed by atoms with van der Waals surface area (Å²) in [7, 11) is 0. The Bertz CT molecular complexity index is 1380. The van der Waals surface area contributed by atoms with Crippen LogP contribution in [0.2, 0.25) is 0 Å². The van der Waals surface area contributed by atoms with Crippen molar-refractivity contribution in [3.05, 3.63) is 107 Å². The van der Waals surface area contributed by atoms with E-state index in [9.17, 15) is 4.79 Å². The molecule has 0 aliphatic carbocycles. The first kappa shape index (κ1) is 16.5. The third-order valence-corrected chi connectivity index (χ3v) is 5.17. The third-order valence-electron chi connectivity index (χ3n) is 5.17. The van der Waals surface area contributed by atoms with Crippen molar-refractivity contribution in [2.24, 2.45) is 0 Å². The van der Waals surface area contributed by atoms with E-state index in [4.69, 9.17) is 0 Å². The van der Waals surface area contributed by atoms with Gasteiger partial charge >= 0.3 is 0 Å². The monoisotopic (exact) mass is 362 g/mol. The number of aromatic nitrogens is 2. The molecule has 0 radical (unpaired) electrons. The number of rotatable bonds is 2. The predicted molar refractivity (Wildman–Crippen MR) is 115 cm³/mol. The highest BCUT2D eigenvalue weighted by Gasteiger charge is 2.17. The molecule has 0 saturated heterocycles. The molecule has 0 saturated carbocycles.